The molecular weight excluding hydrogens is 246 g/mol. The molecule has 1 fully saturated rings. The molecule has 1 aromatic heterocycles. The Hall–Kier alpha value is -2.11. The number of anilines is 1. The van der Waals surface area contributed by atoms with Gasteiger partial charge in [0.25, 0.3) is 0 Å². The summed E-state index contributed by atoms with van der Waals surface area (Å²) in [5.41, 5.74) is 0.969. The van der Waals surface area contributed by atoms with Crippen LogP contribution in [0.15, 0.2) is 12.1 Å². The van der Waals surface area contributed by atoms with Crippen molar-refractivity contribution in [1.82, 2.24) is 10.3 Å². The van der Waals surface area contributed by atoms with E-state index in [0.717, 1.165) is 12.1 Å². The maximum Gasteiger partial charge on any atom is 0.335 e. The zero-order valence-corrected chi connectivity index (χ0v) is 10.8. The molecule has 1 aliphatic rings. The van der Waals surface area contributed by atoms with Gasteiger partial charge in [0, 0.05) is 24.7 Å². The van der Waals surface area contributed by atoms with Crippen LogP contribution >= 0.6 is 0 Å². The van der Waals surface area contributed by atoms with Crippen LogP contribution in [0.4, 0.5) is 5.82 Å². The number of amides is 1. The van der Waals surface area contributed by atoms with Gasteiger partial charge in [0.1, 0.15) is 5.82 Å². The predicted octanol–water partition coefficient (Wildman–Crippen LogP) is 1.03. The molecule has 19 heavy (non-hydrogen) atoms. The number of rotatable bonds is 4. The second kappa shape index (κ2) is 5.69. The fraction of sp³-hybridized carbons (Fsp3) is 0.462. The summed E-state index contributed by atoms with van der Waals surface area (Å²) in [4.78, 5) is 26.5. The molecule has 2 rings (SSSR count). The van der Waals surface area contributed by atoms with E-state index in [4.69, 9.17) is 5.11 Å². The van der Waals surface area contributed by atoms with Gasteiger partial charge in [-0.2, -0.15) is 0 Å². The first-order valence-corrected chi connectivity index (χ1v) is 6.36. The van der Waals surface area contributed by atoms with Gasteiger partial charge in [-0.3, -0.25) is 4.79 Å². The first kappa shape index (κ1) is 13.3. The zero-order chi connectivity index (χ0) is 13.8. The zero-order valence-electron chi connectivity index (χ0n) is 10.8. The first-order valence-electron chi connectivity index (χ1n) is 6.36. The normalized spacial score (nSPS) is 18.8. The van der Waals surface area contributed by atoms with Crippen LogP contribution in [0, 0.1) is 0 Å². The highest BCUT2D eigenvalue weighted by Crippen LogP contribution is 2.15. The van der Waals surface area contributed by atoms with Crippen LogP contribution in [0.1, 0.15) is 35.8 Å². The summed E-state index contributed by atoms with van der Waals surface area (Å²) in [6.07, 6.45) is 1.89. The molecule has 1 aromatic rings. The summed E-state index contributed by atoms with van der Waals surface area (Å²) in [6, 6.07) is 3.20. The van der Waals surface area contributed by atoms with Crippen LogP contribution in [0.25, 0.3) is 0 Å². The van der Waals surface area contributed by atoms with Crippen molar-refractivity contribution >= 4 is 17.7 Å². The number of pyridine rings is 1. The topological polar surface area (TPSA) is 91.3 Å². The molecule has 0 aromatic carbocycles. The number of carboxylic acid groups (broad SMARTS) is 1. The fourth-order valence-corrected chi connectivity index (χ4v) is 2.03. The third-order valence-electron chi connectivity index (χ3n) is 3.11. The van der Waals surface area contributed by atoms with E-state index in [1.165, 1.54) is 6.07 Å². The van der Waals surface area contributed by atoms with Crippen molar-refractivity contribution in [3.8, 4) is 0 Å². The van der Waals surface area contributed by atoms with Crippen molar-refractivity contribution in [1.29, 1.82) is 0 Å². The summed E-state index contributed by atoms with van der Waals surface area (Å²) in [5, 5.41) is 15.0. The predicted molar refractivity (Wildman–Crippen MR) is 70.2 cm³/mol. The fourth-order valence-electron chi connectivity index (χ4n) is 2.03. The quantitative estimate of drug-likeness (QED) is 0.754. The number of aryl methyl sites for hydroxylation is 1. The van der Waals surface area contributed by atoms with Crippen LogP contribution in [-0.2, 0) is 11.2 Å². The Morgan fingerprint density at radius 1 is 1.58 bits per heavy atom. The third-order valence-corrected chi connectivity index (χ3v) is 3.11. The SMILES string of the molecule is CCc1cc(C(=O)O)cc(NC2CCC(=O)NC2)n1. The molecule has 1 aliphatic heterocycles. The molecule has 1 amide bonds. The minimum Gasteiger partial charge on any atom is -0.478 e. The van der Waals surface area contributed by atoms with Crippen molar-refractivity contribution in [3.63, 3.8) is 0 Å². The molecule has 102 valence electrons. The number of hydrogen-bond acceptors (Lipinski definition) is 4. The van der Waals surface area contributed by atoms with Crippen LogP contribution in [0.2, 0.25) is 0 Å². The lowest BCUT2D eigenvalue weighted by Crippen LogP contribution is -2.42. The van der Waals surface area contributed by atoms with Crippen LogP contribution < -0.4 is 10.6 Å². The average Bonchev–Trinajstić information content (AvgIpc) is 2.41. The first-order chi connectivity index (χ1) is 9.08. The van der Waals surface area contributed by atoms with Crippen LogP contribution in [0.5, 0.6) is 0 Å². The number of piperidine rings is 1. The Morgan fingerprint density at radius 3 is 2.95 bits per heavy atom. The van der Waals surface area contributed by atoms with E-state index >= 15 is 0 Å². The number of aromatic carboxylic acids is 1. The van der Waals surface area contributed by atoms with Crippen molar-refractivity contribution in [2.45, 2.75) is 32.2 Å². The smallest absolute Gasteiger partial charge is 0.335 e. The van der Waals surface area contributed by atoms with E-state index in [1.54, 1.807) is 6.07 Å². The second-order valence-corrected chi connectivity index (χ2v) is 4.58. The van der Waals surface area contributed by atoms with Gasteiger partial charge in [0.05, 0.1) is 5.56 Å². The van der Waals surface area contributed by atoms with Gasteiger partial charge in [0.15, 0.2) is 0 Å². The van der Waals surface area contributed by atoms with Crippen molar-refractivity contribution in [2.24, 2.45) is 0 Å². The van der Waals surface area contributed by atoms with Crippen molar-refractivity contribution in [3.05, 3.63) is 23.4 Å². The maximum atomic E-state index is 11.1. The largest absolute Gasteiger partial charge is 0.478 e. The molecule has 6 heteroatoms. The Morgan fingerprint density at radius 2 is 2.37 bits per heavy atom. The van der Waals surface area contributed by atoms with Crippen LogP contribution in [0.3, 0.4) is 0 Å². The molecular formula is C13H17N3O3. The van der Waals surface area contributed by atoms with Crippen molar-refractivity contribution in [2.75, 3.05) is 11.9 Å². The second-order valence-electron chi connectivity index (χ2n) is 4.58. The highest BCUT2D eigenvalue weighted by atomic mass is 16.4. The summed E-state index contributed by atoms with van der Waals surface area (Å²) in [5.74, 6) is -0.352. The standard InChI is InChI=1S/C13H17N3O3/c1-2-9-5-8(13(18)19)6-11(15-9)16-10-3-4-12(17)14-7-10/h5-6,10H,2-4,7H2,1H3,(H,14,17)(H,15,16)(H,18,19). The lowest BCUT2D eigenvalue weighted by atomic mass is 10.1. The van der Waals surface area contributed by atoms with E-state index in [0.29, 0.717) is 25.2 Å². The van der Waals surface area contributed by atoms with Crippen LogP contribution in [-0.4, -0.2) is 34.6 Å². The summed E-state index contributed by atoms with van der Waals surface area (Å²) in [6.45, 7) is 2.47. The van der Waals surface area contributed by atoms with E-state index in [9.17, 15) is 9.59 Å². The molecule has 0 radical (unpaired) electrons. The Bertz CT molecular complexity index is 492. The molecule has 1 saturated heterocycles. The monoisotopic (exact) mass is 263 g/mol. The number of carboxylic acids is 1. The van der Waals surface area contributed by atoms with E-state index in [1.807, 2.05) is 6.92 Å². The number of nitrogens with one attached hydrogen (secondary N) is 2. The molecule has 0 bridgehead atoms. The van der Waals surface area contributed by atoms with E-state index in [-0.39, 0.29) is 17.5 Å². The van der Waals surface area contributed by atoms with Gasteiger partial charge in [-0.05, 0) is 25.0 Å². The van der Waals surface area contributed by atoms with Gasteiger partial charge in [-0.15, -0.1) is 0 Å². The molecule has 0 saturated carbocycles. The highest BCUT2D eigenvalue weighted by Gasteiger charge is 2.18. The lowest BCUT2D eigenvalue weighted by molar-refractivity contribution is -0.122. The van der Waals surface area contributed by atoms with Gasteiger partial charge in [-0.25, -0.2) is 9.78 Å². The molecule has 2 heterocycles. The average molecular weight is 263 g/mol. The summed E-state index contributed by atoms with van der Waals surface area (Å²) < 4.78 is 0. The number of carbonyl (C=O) groups excluding carboxylic acids is 1. The molecule has 1 unspecified atom stereocenters. The maximum absolute atomic E-state index is 11.1. The Labute approximate surface area is 111 Å². The Kier molecular flexibility index (Phi) is 3.99. The van der Waals surface area contributed by atoms with Gasteiger partial charge in [0.2, 0.25) is 5.91 Å². The van der Waals surface area contributed by atoms with Gasteiger partial charge < -0.3 is 15.7 Å². The number of nitrogens with zero attached hydrogens (tertiary/aromatic N) is 1. The summed E-state index contributed by atoms with van der Waals surface area (Å²) in [7, 11) is 0. The molecule has 6 nitrogen and oxygen atoms in total. The highest BCUT2D eigenvalue weighted by molar-refractivity contribution is 5.88. The number of aromatic nitrogens is 1. The van der Waals surface area contributed by atoms with Gasteiger partial charge >= 0.3 is 5.97 Å². The minimum absolute atomic E-state index is 0.0551. The van der Waals surface area contributed by atoms with E-state index < -0.39 is 5.97 Å². The van der Waals surface area contributed by atoms with Gasteiger partial charge in [-0.1, -0.05) is 6.92 Å². The van der Waals surface area contributed by atoms with Crippen molar-refractivity contribution < 1.29 is 14.7 Å². The molecule has 0 aliphatic carbocycles. The minimum atomic E-state index is -0.961. The summed E-state index contributed by atoms with van der Waals surface area (Å²) >= 11 is 0. The third kappa shape index (κ3) is 3.43. The Balaban J connectivity index is 2.12. The number of hydrogen-bond donors (Lipinski definition) is 3. The number of carbonyl (C=O) groups is 2. The van der Waals surface area contributed by atoms with E-state index in [2.05, 4.69) is 15.6 Å². The molecule has 0 spiro atoms. The molecule has 3 N–H and O–H groups in total. The lowest BCUT2D eigenvalue weighted by Gasteiger charge is -2.24. The molecule has 1 atom stereocenters.